The van der Waals surface area contributed by atoms with Crippen molar-refractivity contribution < 1.29 is 9.52 Å². The second-order valence-electron chi connectivity index (χ2n) is 4.11. The van der Waals surface area contributed by atoms with Crippen molar-refractivity contribution in [2.45, 2.75) is 12.5 Å². The monoisotopic (exact) mass is 219 g/mol. The second kappa shape index (κ2) is 3.38. The molecule has 1 aliphatic heterocycles. The van der Waals surface area contributed by atoms with E-state index in [2.05, 4.69) is 4.98 Å². The van der Waals surface area contributed by atoms with Crippen molar-refractivity contribution in [2.75, 3.05) is 23.7 Å². The van der Waals surface area contributed by atoms with Crippen molar-refractivity contribution >= 4 is 22.8 Å². The molecule has 1 aliphatic rings. The molecule has 1 aromatic heterocycles. The zero-order valence-corrected chi connectivity index (χ0v) is 8.76. The summed E-state index contributed by atoms with van der Waals surface area (Å²) in [5.74, 6) is 0. The second-order valence-corrected chi connectivity index (χ2v) is 4.11. The van der Waals surface area contributed by atoms with Crippen LogP contribution in [0.3, 0.4) is 0 Å². The lowest BCUT2D eigenvalue weighted by Gasteiger charge is -2.10. The first kappa shape index (κ1) is 9.47. The van der Waals surface area contributed by atoms with E-state index >= 15 is 0 Å². The summed E-state index contributed by atoms with van der Waals surface area (Å²) in [4.78, 5) is 6.30. The van der Waals surface area contributed by atoms with Crippen LogP contribution in [0.15, 0.2) is 22.6 Å². The van der Waals surface area contributed by atoms with Crippen LogP contribution >= 0.6 is 0 Å². The van der Waals surface area contributed by atoms with E-state index in [4.69, 9.17) is 10.2 Å². The number of benzene rings is 1. The molecule has 0 unspecified atom stereocenters. The fraction of sp³-hybridized carbons (Fsp3) is 0.364. The van der Waals surface area contributed by atoms with E-state index in [1.165, 1.54) is 0 Å². The van der Waals surface area contributed by atoms with Crippen LogP contribution in [0.5, 0.6) is 0 Å². The Bertz CT molecular complexity index is 523. The Morgan fingerprint density at radius 2 is 2.38 bits per heavy atom. The van der Waals surface area contributed by atoms with Gasteiger partial charge in [0.2, 0.25) is 0 Å². The molecule has 0 saturated carbocycles. The quantitative estimate of drug-likeness (QED) is 0.699. The number of hydrogen-bond acceptors (Lipinski definition) is 5. The van der Waals surface area contributed by atoms with Crippen molar-refractivity contribution in [2.24, 2.45) is 0 Å². The van der Waals surface area contributed by atoms with Gasteiger partial charge in [-0.15, -0.1) is 0 Å². The Morgan fingerprint density at radius 1 is 1.50 bits per heavy atom. The summed E-state index contributed by atoms with van der Waals surface area (Å²) in [6.07, 6.45) is 0.487. The zero-order valence-electron chi connectivity index (χ0n) is 8.76. The Hall–Kier alpha value is -1.75. The minimum atomic E-state index is -0.278. The summed E-state index contributed by atoms with van der Waals surface area (Å²) in [7, 11) is 0. The molecule has 5 nitrogen and oxygen atoms in total. The zero-order chi connectivity index (χ0) is 11.1. The Labute approximate surface area is 92.5 Å². The number of nitrogens with two attached hydrogens (primary N) is 1. The van der Waals surface area contributed by atoms with Gasteiger partial charge in [-0.1, -0.05) is 0 Å². The third-order valence-corrected chi connectivity index (χ3v) is 2.83. The molecule has 1 atom stereocenters. The molecule has 0 radical (unpaired) electrons. The number of nitrogens with zero attached hydrogens (tertiary/aromatic N) is 2. The summed E-state index contributed by atoms with van der Waals surface area (Å²) in [6.45, 7) is 1.37. The van der Waals surface area contributed by atoms with Gasteiger partial charge in [0.15, 0.2) is 5.58 Å². The first-order chi connectivity index (χ1) is 7.72. The van der Waals surface area contributed by atoms with E-state index in [1.807, 2.05) is 11.0 Å². The Kier molecular flexibility index (Phi) is 2.00. The van der Waals surface area contributed by atoms with Gasteiger partial charge >= 0.3 is 0 Å². The van der Waals surface area contributed by atoms with Crippen LogP contribution in [0.25, 0.3) is 11.1 Å². The molecule has 1 saturated heterocycles. The number of nitrogen functional groups attached to an aromatic ring is 1. The maximum atomic E-state index is 9.45. The third-order valence-electron chi connectivity index (χ3n) is 2.83. The van der Waals surface area contributed by atoms with E-state index in [0.717, 1.165) is 24.1 Å². The number of aliphatic hydroxyl groups excluding tert-OH is 1. The summed E-state index contributed by atoms with van der Waals surface area (Å²) in [6, 6.07) is 5.95. The summed E-state index contributed by atoms with van der Waals surface area (Å²) in [5.41, 5.74) is 7.84. The van der Waals surface area contributed by atoms with E-state index in [9.17, 15) is 5.11 Å². The highest BCUT2D eigenvalue weighted by Crippen LogP contribution is 2.25. The lowest BCUT2D eigenvalue weighted by Crippen LogP contribution is -2.21. The number of hydrogen-bond donors (Lipinski definition) is 2. The fourth-order valence-corrected chi connectivity index (χ4v) is 1.98. The normalized spacial score (nSPS) is 20.8. The van der Waals surface area contributed by atoms with E-state index < -0.39 is 0 Å². The smallest absolute Gasteiger partial charge is 0.298 e. The van der Waals surface area contributed by atoms with Crippen LogP contribution in [-0.4, -0.2) is 29.3 Å². The molecule has 0 spiro atoms. The maximum absolute atomic E-state index is 9.45. The number of aliphatic hydroxyl groups is 1. The summed E-state index contributed by atoms with van der Waals surface area (Å²) < 4.78 is 5.60. The van der Waals surface area contributed by atoms with E-state index in [0.29, 0.717) is 18.2 Å². The minimum Gasteiger partial charge on any atom is -0.423 e. The Balaban J connectivity index is 1.99. The molecule has 2 aromatic rings. The molecule has 3 N–H and O–H groups in total. The molecule has 5 heteroatoms. The molecule has 1 aromatic carbocycles. The molecule has 84 valence electrons. The molecule has 16 heavy (non-hydrogen) atoms. The topological polar surface area (TPSA) is 75.5 Å². The van der Waals surface area contributed by atoms with Gasteiger partial charge in [-0.3, -0.25) is 0 Å². The lowest BCUT2D eigenvalue weighted by atomic mass is 10.3. The molecular weight excluding hydrogens is 206 g/mol. The number of fused-ring (bicyclic) bond motifs is 1. The predicted molar refractivity (Wildman–Crippen MR) is 61.3 cm³/mol. The highest BCUT2D eigenvalue weighted by Gasteiger charge is 2.24. The van der Waals surface area contributed by atoms with Crippen molar-refractivity contribution in [3.05, 3.63) is 18.2 Å². The van der Waals surface area contributed by atoms with Crippen LogP contribution in [0, 0.1) is 0 Å². The van der Waals surface area contributed by atoms with Gasteiger partial charge in [-0.25, -0.2) is 0 Å². The number of rotatable bonds is 1. The number of anilines is 2. The fourth-order valence-electron chi connectivity index (χ4n) is 1.98. The largest absolute Gasteiger partial charge is 0.423 e. The minimum absolute atomic E-state index is 0.278. The number of β-amino-alcohol motifs (C(OH)–C–C–N with tert-alkyl or cyclic N) is 1. The molecule has 2 heterocycles. The number of oxazole rings is 1. The van der Waals surface area contributed by atoms with Crippen LogP contribution < -0.4 is 10.6 Å². The first-order valence-corrected chi connectivity index (χ1v) is 5.31. The average Bonchev–Trinajstić information content (AvgIpc) is 2.83. The van der Waals surface area contributed by atoms with Gasteiger partial charge in [0, 0.05) is 18.8 Å². The molecule has 3 rings (SSSR count). The van der Waals surface area contributed by atoms with Gasteiger partial charge in [-0.05, 0) is 24.6 Å². The highest BCUT2D eigenvalue weighted by atomic mass is 16.4. The molecule has 0 amide bonds. The van der Waals surface area contributed by atoms with Crippen LogP contribution in [0.2, 0.25) is 0 Å². The van der Waals surface area contributed by atoms with E-state index in [1.54, 1.807) is 12.1 Å². The highest BCUT2D eigenvalue weighted by molar-refractivity contribution is 5.78. The Morgan fingerprint density at radius 3 is 3.12 bits per heavy atom. The van der Waals surface area contributed by atoms with Crippen LogP contribution in [0.4, 0.5) is 11.7 Å². The summed E-state index contributed by atoms with van der Waals surface area (Å²) in [5, 5.41) is 9.45. The lowest BCUT2D eigenvalue weighted by molar-refractivity contribution is 0.198. The van der Waals surface area contributed by atoms with Gasteiger partial charge in [0.1, 0.15) is 5.52 Å². The van der Waals surface area contributed by atoms with E-state index in [-0.39, 0.29) is 6.10 Å². The predicted octanol–water partition coefficient (Wildman–Crippen LogP) is 0.981. The van der Waals surface area contributed by atoms with Crippen molar-refractivity contribution in [3.63, 3.8) is 0 Å². The average molecular weight is 219 g/mol. The van der Waals surface area contributed by atoms with Crippen LogP contribution in [-0.2, 0) is 0 Å². The molecular formula is C11H13N3O2. The molecule has 1 fully saturated rings. The van der Waals surface area contributed by atoms with Crippen molar-refractivity contribution in [1.29, 1.82) is 0 Å². The SMILES string of the molecule is Nc1ccc2oc(N3CC[C@@H](O)C3)nc2c1. The first-order valence-electron chi connectivity index (χ1n) is 5.31. The van der Waals surface area contributed by atoms with Crippen LogP contribution in [0.1, 0.15) is 6.42 Å². The molecule has 0 aliphatic carbocycles. The third kappa shape index (κ3) is 1.49. The maximum Gasteiger partial charge on any atom is 0.298 e. The standard InChI is InChI=1S/C11H13N3O2/c12-7-1-2-10-9(5-7)13-11(16-10)14-4-3-8(15)6-14/h1-2,5,8,15H,3-4,6,12H2/t8-/m1/s1. The van der Waals surface area contributed by atoms with Gasteiger partial charge in [0.05, 0.1) is 6.10 Å². The van der Waals surface area contributed by atoms with Gasteiger partial charge in [0.25, 0.3) is 6.01 Å². The summed E-state index contributed by atoms with van der Waals surface area (Å²) >= 11 is 0. The number of aromatic nitrogens is 1. The molecule has 0 bridgehead atoms. The van der Waals surface area contributed by atoms with Gasteiger partial charge in [-0.2, -0.15) is 4.98 Å². The van der Waals surface area contributed by atoms with Crippen molar-refractivity contribution in [1.82, 2.24) is 4.98 Å². The van der Waals surface area contributed by atoms with Crippen molar-refractivity contribution in [3.8, 4) is 0 Å². The van der Waals surface area contributed by atoms with Gasteiger partial charge < -0.3 is 20.2 Å².